The molecule has 1 aromatic rings. The summed E-state index contributed by atoms with van der Waals surface area (Å²) < 4.78 is 5.60. The van der Waals surface area contributed by atoms with Crippen LogP contribution in [0, 0.1) is 6.92 Å². The molecule has 0 radical (unpaired) electrons. The summed E-state index contributed by atoms with van der Waals surface area (Å²) in [6.45, 7) is 1.81. The van der Waals surface area contributed by atoms with E-state index in [4.69, 9.17) is 9.84 Å². The molecule has 4 unspecified atom stereocenters. The summed E-state index contributed by atoms with van der Waals surface area (Å²) >= 11 is 0. The van der Waals surface area contributed by atoms with Gasteiger partial charge in [0, 0.05) is 6.42 Å². The minimum absolute atomic E-state index is 0.147. The summed E-state index contributed by atoms with van der Waals surface area (Å²) in [6.07, 6.45) is -2.53. The molecular formula is C13H18O4. The van der Waals surface area contributed by atoms with Crippen molar-refractivity contribution in [3.8, 4) is 0 Å². The fourth-order valence-electron chi connectivity index (χ4n) is 2.19. The first-order valence-corrected chi connectivity index (χ1v) is 5.81. The average molecular weight is 238 g/mol. The summed E-state index contributed by atoms with van der Waals surface area (Å²) in [5, 5.41) is 28.8. The highest BCUT2D eigenvalue weighted by Gasteiger charge is 2.37. The first kappa shape index (κ1) is 12.5. The Bertz CT molecular complexity index is 379. The molecule has 1 aromatic carbocycles. The zero-order valence-corrected chi connectivity index (χ0v) is 9.78. The Labute approximate surface area is 100 Å². The number of hydrogen-bond acceptors (Lipinski definition) is 4. The van der Waals surface area contributed by atoms with Crippen molar-refractivity contribution >= 4 is 0 Å². The molecule has 3 N–H and O–H groups in total. The van der Waals surface area contributed by atoms with Crippen LogP contribution in [-0.2, 0) is 4.74 Å². The van der Waals surface area contributed by atoms with E-state index in [1.54, 1.807) is 0 Å². The first-order chi connectivity index (χ1) is 8.11. The van der Waals surface area contributed by atoms with Crippen LogP contribution in [0.3, 0.4) is 0 Å². The number of benzene rings is 1. The standard InChI is InChI=1S/C13H18O4/c1-8-3-2-4-9(5-8)13-12(16)11(15)6-10(7-14)17-13/h2-5,10-16H,6-7H2,1H3. The van der Waals surface area contributed by atoms with E-state index >= 15 is 0 Å². The molecule has 1 saturated heterocycles. The van der Waals surface area contributed by atoms with Crippen molar-refractivity contribution in [2.75, 3.05) is 6.61 Å². The van der Waals surface area contributed by atoms with E-state index < -0.39 is 24.4 Å². The van der Waals surface area contributed by atoms with Crippen molar-refractivity contribution in [2.24, 2.45) is 0 Å². The second kappa shape index (κ2) is 5.14. The summed E-state index contributed by atoms with van der Waals surface area (Å²) in [6, 6.07) is 7.61. The average Bonchev–Trinajstić information content (AvgIpc) is 2.32. The van der Waals surface area contributed by atoms with Crippen LogP contribution in [0.25, 0.3) is 0 Å². The molecule has 0 spiro atoms. The van der Waals surface area contributed by atoms with Gasteiger partial charge < -0.3 is 20.1 Å². The Kier molecular flexibility index (Phi) is 3.79. The summed E-state index contributed by atoms with van der Waals surface area (Å²) in [5.74, 6) is 0. The Morgan fingerprint density at radius 2 is 2.12 bits per heavy atom. The number of hydrogen-bond donors (Lipinski definition) is 3. The number of rotatable bonds is 2. The van der Waals surface area contributed by atoms with E-state index in [0.29, 0.717) is 0 Å². The van der Waals surface area contributed by atoms with Crippen LogP contribution in [0.15, 0.2) is 24.3 Å². The Morgan fingerprint density at radius 3 is 2.76 bits per heavy atom. The minimum Gasteiger partial charge on any atom is -0.394 e. The third-order valence-corrected chi connectivity index (χ3v) is 3.12. The second-order valence-corrected chi connectivity index (χ2v) is 4.57. The predicted octanol–water partition coefficient (Wildman–Crippen LogP) is 0.539. The number of ether oxygens (including phenoxy) is 1. The third-order valence-electron chi connectivity index (χ3n) is 3.12. The van der Waals surface area contributed by atoms with Gasteiger partial charge >= 0.3 is 0 Å². The van der Waals surface area contributed by atoms with Crippen LogP contribution in [0.2, 0.25) is 0 Å². The fraction of sp³-hybridized carbons (Fsp3) is 0.538. The molecule has 0 bridgehead atoms. The van der Waals surface area contributed by atoms with Gasteiger partial charge in [-0.25, -0.2) is 0 Å². The van der Waals surface area contributed by atoms with Crippen molar-refractivity contribution in [3.63, 3.8) is 0 Å². The minimum atomic E-state index is -0.945. The highest BCUT2D eigenvalue weighted by molar-refractivity contribution is 5.25. The van der Waals surface area contributed by atoms with Crippen LogP contribution in [-0.4, -0.2) is 40.2 Å². The van der Waals surface area contributed by atoms with E-state index in [1.807, 2.05) is 31.2 Å². The monoisotopic (exact) mass is 238 g/mol. The molecule has 0 aromatic heterocycles. The largest absolute Gasteiger partial charge is 0.394 e. The second-order valence-electron chi connectivity index (χ2n) is 4.57. The lowest BCUT2D eigenvalue weighted by atomic mass is 9.93. The smallest absolute Gasteiger partial charge is 0.111 e. The SMILES string of the molecule is Cc1cccc(C2OC(CO)CC(O)C2O)c1. The van der Waals surface area contributed by atoms with Gasteiger partial charge in [0.1, 0.15) is 12.2 Å². The van der Waals surface area contributed by atoms with Crippen LogP contribution >= 0.6 is 0 Å². The molecule has 94 valence electrons. The van der Waals surface area contributed by atoms with Gasteiger partial charge in [0.15, 0.2) is 0 Å². The number of aliphatic hydroxyl groups is 3. The van der Waals surface area contributed by atoms with Crippen molar-refractivity contribution in [1.29, 1.82) is 0 Å². The number of aliphatic hydroxyl groups excluding tert-OH is 3. The Balaban J connectivity index is 2.23. The zero-order chi connectivity index (χ0) is 12.4. The molecular weight excluding hydrogens is 220 g/mol. The molecule has 0 aliphatic carbocycles. The van der Waals surface area contributed by atoms with Crippen molar-refractivity contribution in [2.45, 2.75) is 37.8 Å². The molecule has 1 fully saturated rings. The summed E-state index contributed by atoms with van der Waals surface area (Å²) in [4.78, 5) is 0. The number of aryl methyl sites for hydroxylation is 1. The van der Waals surface area contributed by atoms with E-state index in [-0.39, 0.29) is 13.0 Å². The van der Waals surface area contributed by atoms with Crippen LogP contribution in [0.4, 0.5) is 0 Å². The molecule has 17 heavy (non-hydrogen) atoms. The maximum absolute atomic E-state index is 9.94. The third kappa shape index (κ3) is 2.66. The lowest BCUT2D eigenvalue weighted by Crippen LogP contribution is -2.44. The molecule has 4 heteroatoms. The van der Waals surface area contributed by atoms with Crippen molar-refractivity contribution in [1.82, 2.24) is 0 Å². The van der Waals surface area contributed by atoms with Gasteiger partial charge in [0.05, 0.1) is 18.8 Å². The van der Waals surface area contributed by atoms with E-state index in [1.165, 1.54) is 0 Å². The van der Waals surface area contributed by atoms with Gasteiger partial charge in [-0.2, -0.15) is 0 Å². The lowest BCUT2D eigenvalue weighted by Gasteiger charge is -2.36. The van der Waals surface area contributed by atoms with E-state index in [2.05, 4.69) is 0 Å². The summed E-state index contributed by atoms with van der Waals surface area (Å²) in [7, 11) is 0. The van der Waals surface area contributed by atoms with E-state index in [0.717, 1.165) is 11.1 Å². The lowest BCUT2D eigenvalue weighted by molar-refractivity contribution is -0.179. The van der Waals surface area contributed by atoms with Gasteiger partial charge in [-0.1, -0.05) is 29.8 Å². The van der Waals surface area contributed by atoms with Gasteiger partial charge in [-0.05, 0) is 12.5 Å². The molecule has 4 atom stereocenters. The Hall–Kier alpha value is -0.940. The molecule has 0 saturated carbocycles. The van der Waals surface area contributed by atoms with Crippen LogP contribution < -0.4 is 0 Å². The molecule has 4 nitrogen and oxygen atoms in total. The summed E-state index contributed by atoms with van der Waals surface area (Å²) in [5.41, 5.74) is 1.90. The van der Waals surface area contributed by atoms with Crippen LogP contribution in [0.1, 0.15) is 23.7 Å². The van der Waals surface area contributed by atoms with Crippen LogP contribution in [0.5, 0.6) is 0 Å². The van der Waals surface area contributed by atoms with Gasteiger partial charge in [-0.3, -0.25) is 0 Å². The topological polar surface area (TPSA) is 69.9 Å². The highest BCUT2D eigenvalue weighted by Crippen LogP contribution is 2.32. The highest BCUT2D eigenvalue weighted by atomic mass is 16.5. The molecule has 1 aliphatic heterocycles. The maximum atomic E-state index is 9.94. The van der Waals surface area contributed by atoms with Gasteiger partial charge in [-0.15, -0.1) is 0 Å². The first-order valence-electron chi connectivity index (χ1n) is 5.81. The normalized spacial score (nSPS) is 33.6. The molecule has 1 aliphatic rings. The molecule has 2 rings (SSSR count). The predicted molar refractivity (Wildman–Crippen MR) is 62.5 cm³/mol. The van der Waals surface area contributed by atoms with E-state index in [9.17, 15) is 10.2 Å². The molecule has 0 amide bonds. The maximum Gasteiger partial charge on any atom is 0.111 e. The molecule has 1 heterocycles. The van der Waals surface area contributed by atoms with Gasteiger partial charge in [0.2, 0.25) is 0 Å². The fourth-order valence-corrected chi connectivity index (χ4v) is 2.19. The zero-order valence-electron chi connectivity index (χ0n) is 9.78. The van der Waals surface area contributed by atoms with Crippen molar-refractivity contribution in [3.05, 3.63) is 35.4 Å². The quantitative estimate of drug-likeness (QED) is 0.703. The Morgan fingerprint density at radius 1 is 1.35 bits per heavy atom. The van der Waals surface area contributed by atoms with Crippen molar-refractivity contribution < 1.29 is 20.1 Å². The van der Waals surface area contributed by atoms with Gasteiger partial charge in [0.25, 0.3) is 0 Å².